The molecule has 0 radical (unpaired) electrons. The Bertz CT molecular complexity index is 641. The largest absolute Gasteiger partial charge is 0.324 e. The third-order valence-corrected chi connectivity index (χ3v) is 3.11. The van der Waals surface area contributed by atoms with Crippen molar-refractivity contribution in [1.29, 1.82) is 0 Å². The minimum absolute atomic E-state index is 0.125. The summed E-state index contributed by atoms with van der Waals surface area (Å²) in [5.41, 5.74) is 4.22. The number of hydrogen-bond acceptors (Lipinski definition) is 4. The van der Waals surface area contributed by atoms with Gasteiger partial charge in [0.15, 0.2) is 0 Å². The monoisotopic (exact) mass is 258 g/mol. The van der Waals surface area contributed by atoms with Gasteiger partial charge in [0.2, 0.25) is 11.9 Å². The van der Waals surface area contributed by atoms with Crippen LogP contribution in [0, 0.1) is 0 Å². The van der Waals surface area contributed by atoms with Crippen molar-refractivity contribution in [3.63, 3.8) is 0 Å². The molecular formula is C12H10N4OS. The number of anilines is 1. The fraction of sp³-hybridized carbons (Fsp3) is 0.0833. The van der Waals surface area contributed by atoms with Crippen LogP contribution in [0.5, 0.6) is 0 Å². The van der Waals surface area contributed by atoms with E-state index < -0.39 is 0 Å². The molecule has 0 fully saturated rings. The number of nitrogens with one attached hydrogen (secondary N) is 2. The van der Waals surface area contributed by atoms with Crippen molar-refractivity contribution < 1.29 is 4.79 Å². The first-order valence-electron chi connectivity index (χ1n) is 5.43. The van der Waals surface area contributed by atoms with Crippen LogP contribution in [0.3, 0.4) is 0 Å². The summed E-state index contributed by atoms with van der Waals surface area (Å²) in [6.45, 7) is 0. The van der Waals surface area contributed by atoms with Crippen LogP contribution in [0.4, 0.5) is 5.95 Å². The third-order valence-electron chi connectivity index (χ3n) is 2.47. The zero-order chi connectivity index (χ0) is 12.4. The number of aromatic amines is 1. The van der Waals surface area contributed by atoms with E-state index in [2.05, 4.69) is 20.3 Å². The first-order valence-corrected chi connectivity index (χ1v) is 6.37. The molecule has 18 heavy (non-hydrogen) atoms. The fourth-order valence-corrected chi connectivity index (χ4v) is 2.24. The Morgan fingerprint density at radius 2 is 2.28 bits per heavy atom. The fourth-order valence-electron chi connectivity index (χ4n) is 1.68. The number of amides is 1. The predicted molar refractivity (Wildman–Crippen MR) is 70.5 cm³/mol. The van der Waals surface area contributed by atoms with Crippen molar-refractivity contribution in [3.8, 4) is 0 Å². The number of imidazole rings is 1. The molecule has 0 saturated carbocycles. The molecule has 0 bridgehead atoms. The second kappa shape index (κ2) is 4.58. The van der Waals surface area contributed by atoms with Gasteiger partial charge in [0.05, 0.1) is 28.7 Å². The summed E-state index contributed by atoms with van der Waals surface area (Å²) in [4.78, 5) is 23.1. The SMILES string of the molecule is O=C(Cc1cscn1)Nc1nc2ccccc2[nH]1. The number of fused-ring (bicyclic) bond motifs is 1. The number of aromatic nitrogens is 3. The minimum atomic E-state index is -0.125. The van der Waals surface area contributed by atoms with E-state index in [9.17, 15) is 4.79 Å². The maximum atomic E-state index is 11.8. The average molecular weight is 258 g/mol. The molecule has 0 aliphatic carbocycles. The van der Waals surface area contributed by atoms with Crippen molar-refractivity contribution in [1.82, 2.24) is 15.0 Å². The van der Waals surface area contributed by atoms with Gasteiger partial charge in [0.25, 0.3) is 0 Å². The van der Waals surface area contributed by atoms with Crippen LogP contribution in [0.15, 0.2) is 35.2 Å². The highest BCUT2D eigenvalue weighted by atomic mass is 32.1. The maximum absolute atomic E-state index is 11.8. The maximum Gasteiger partial charge on any atom is 0.232 e. The lowest BCUT2D eigenvalue weighted by atomic mass is 10.3. The van der Waals surface area contributed by atoms with Gasteiger partial charge < -0.3 is 4.98 Å². The van der Waals surface area contributed by atoms with Crippen LogP contribution in [0.1, 0.15) is 5.69 Å². The number of rotatable bonds is 3. The molecule has 1 amide bonds. The molecule has 0 saturated heterocycles. The number of carbonyl (C=O) groups is 1. The lowest BCUT2D eigenvalue weighted by molar-refractivity contribution is -0.115. The lowest BCUT2D eigenvalue weighted by Crippen LogP contribution is -2.15. The van der Waals surface area contributed by atoms with Crippen LogP contribution in [-0.4, -0.2) is 20.9 Å². The van der Waals surface area contributed by atoms with Gasteiger partial charge in [-0.3, -0.25) is 10.1 Å². The molecule has 2 aromatic heterocycles. The highest BCUT2D eigenvalue weighted by Crippen LogP contribution is 2.13. The molecule has 2 heterocycles. The number of para-hydroxylation sites is 2. The molecule has 0 atom stereocenters. The predicted octanol–water partition coefficient (Wildman–Crippen LogP) is 2.20. The van der Waals surface area contributed by atoms with Crippen molar-refractivity contribution in [2.24, 2.45) is 0 Å². The molecule has 5 nitrogen and oxygen atoms in total. The molecule has 6 heteroatoms. The second-order valence-electron chi connectivity index (χ2n) is 3.81. The van der Waals surface area contributed by atoms with Crippen molar-refractivity contribution >= 4 is 34.2 Å². The number of carbonyl (C=O) groups excluding carboxylic acids is 1. The summed E-state index contributed by atoms with van der Waals surface area (Å²) >= 11 is 1.48. The Balaban J connectivity index is 1.74. The molecule has 90 valence electrons. The molecule has 2 N–H and O–H groups in total. The summed E-state index contributed by atoms with van der Waals surface area (Å²) < 4.78 is 0. The highest BCUT2D eigenvalue weighted by Gasteiger charge is 2.08. The number of H-pyrrole nitrogens is 1. The van der Waals surface area contributed by atoms with Gasteiger partial charge in [-0.15, -0.1) is 11.3 Å². The first kappa shape index (κ1) is 10.9. The van der Waals surface area contributed by atoms with Gasteiger partial charge in [-0.05, 0) is 12.1 Å². The van der Waals surface area contributed by atoms with E-state index in [1.54, 1.807) is 5.51 Å². The minimum Gasteiger partial charge on any atom is -0.324 e. The van der Waals surface area contributed by atoms with E-state index in [1.807, 2.05) is 29.6 Å². The van der Waals surface area contributed by atoms with Crippen molar-refractivity contribution in [2.75, 3.05) is 5.32 Å². The molecule has 0 aliphatic rings. The van der Waals surface area contributed by atoms with Crippen molar-refractivity contribution in [2.45, 2.75) is 6.42 Å². The normalized spacial score (nSPS) is 10.7. The van der Waals surface area contributed by atoms with Gasteiger partial charge in [-0.2, -0.15) is 0 Å². The number of hydrogen-bond donors (Lipinski definition) is 2. The Labute approximate surface area is 107 Å². The Morgan fingerprint density at radius 1 is 1.39 bits per heavy atom. The summed E-state index contributed by atoms with van der Waals surface area (Å²) in [5, 5.41) is 4.59. The molecule has 0 aliphatic heterocycles. The van der Waals surface area contributed by atoms with Gasteiger partial charge in [0.1, 0.15) is 0 Å². The number of nitrogens with zero attached hydrogens (tertiary/aromatic N) is 2. The summed E-state index contributed by atoms with van der Waals surface area (Å²) in [6, 6.07) is 7.63. The van der Waals surface area contributed by atoms with Crippen LogP contribution >= 0.6 is 11.3 Å². The second-order valence-corrected chi connectivity index (χ2v) is 4.53. The average Bonchev–Trinajstić information content (AvgIpc) is 2.96. The zero-order valence-corrected chi connectivity index (χ0v) is 10.2. The number of thiazole rings is 1. The molecule has 0 spiro atoms. The van der Waals surface area contributed by atoms with E-state index in [1.165, 1.54) is 11.3 Å². The van der Waals surface area contributed by atoms with Crippen LogP contribution in [0.2, 0.25) is 0 Å². The third kappa shape index (κ3) is 2.23. The van der Waals surface area contributed by atoms with E-state index in [-0.39, 0.29) is 12.3 Å². The molecular weight excluding hydrogens is 248 g/mol. The van der Waals surface area contributed by atoms with Crippen LogP contribution < -0.4 is 5.32 Å². The van der Waals surface area contributed by atoms with E-state index in [0.717, 1.165) is 16.7 Å². The summed E-state index contributed by atoms with van der Waals surface area (Å²) in [5.74, 6) is 0.344. The zero-order valence-electron chi connectivity index (χ0n) is 9.38. The smallest absolute Gasteiger partial charge is 0.232 e. The Morgan fingerprint density at radius 3 is 3.06 bits per heavy atom. The Hall–Kier alpha value is -2.21. The van der Waals surface area contributed by atoms with Crippen LogP contribution in [0.25, 0.3) is 11.0 Å². The van der Waals surface area contributed by atoms with Gasteiger partial charge >= 0.3 is 0 Å². The summed E-state index contributed by atoms with van der Waals surface area (Å²) in [6.07, 6.45) is 0.264. The quantitative estimate of drug-likeness (QED) is 0.756. The van der Waals surface area contributed by atoms with E-state index in [0.29, 0.717) is 5.95 Å². The van der Waals surface area contributed by atoms with Gasteiger partial charge in [-0.25, -0.2) is 9.97 Å². The molecule has 1 aromatic carbocycles. The van der Waals surface area contributed by atoms with Crippen molar-refractivity contribution in [3.05, 3.63) is 40.8 Å². The number of benzene rings is 1. The first-order chi connectivity index (χ1) is 8.81. The molecule has 0 unspecified atom stereocenters. The van der Waals surface area contributed by atoms with Crippen LogP contribution in [-0.2, 0) is 11.2 Å². The summed E-state index contributed by atoms with van der Waals surface area (Å²) in [7, 11) is 0. The van der Waals surface area contributed by atoms with Gasteiger partial charge in [-0.1, -0.05) is 12.1 Å². The highest BCUT2D eigenvalue weighted by molar-refractivity contribution is 7.07. The Kier molecular flexibility index (Phi) is 2.77. The molecule has 3 rings (SSSR count). The molecule has 3 aromatic rings. The van der Waals surface area contributed by atoms with E-state index >= 15 is 0 Å². The topological polar surface area (TPSA) is 70.7 Å². The van der Waals surface area contributed by atoms with E-state index in [4.69, 9.17) is 0 Å². The lowest BCUT2D eigenvalue weighted by Gasteiger charge is -1.98. The standard InChI is InChI=1S/C12H10N4OS/c17-11(5-8-6-18-7-13-8)16-12-14-9-3-1-2-4-10(9)15-12/h1-4,6-7H,5H2,(H2,14,15,16,17). The van der Waals surface area contributed by atoms with Gasteiger partial charge in [0, 0.05) is 5.38 Å².